The molecule has 3 aliphatic carbocycles. The van der Waals surface area contributed by atoms with Crippen molar-refractivity contribution >= 4 is 12.0 Å². The smallest absolute Gasteiger partial charge is 0.408 e. The van der Waals surface area contributed by atoms with Crippen LogP contribution in [0.15, 0.2) is 18.2 Å². The Bertz CT molecular complexity index is 1000. The van der Waals surface area contributed by atoms with Gasteiger partial charge in [-0.2, -0.15) is 0 Å². The fourth-order valence-corrected chi connectivity index (χ4v) is 6.95. The molecule has 0 unspecified atom stereocenters. The summed E-state index contributed by atoms with van der Waals surface area (Å²) in [5.74, 6) is 0.573. The van der Waals surface area contributed by atoms with Crippen LogP contribution in [0.25, 0.3) is 0 Å². The Labute approximate surface area is 209 Å². The van der Waals surface area contributed by atoms with Gasteiger partial charge < -0.3 is 20.5 Å². The first-order valence-corrected chi connectivity index (χ1v) is 13.3. The minimum atomic E-state index is -0.781. The highest BCUT2D eigenvalue weighted by atomic mass is 16.6. The van der Waals surface area contributed by atoms with E-state index in [2.05, 4.69) is 40.7 Å². The molecule has 5 rings (SSSR count). The Kier molecular flexibility index (Phi) is 6.16. The Morgan fingerprint density at radius 1 is 1.20 bits per heavy atom. The molecule has 2 saturated carbocycles. The average molecular weight is 484 g/mol. The molecule has 3 fully saturated rings. The minimum absolute atomic E-state index is 0.0368. The average Bonchev–Trinajstić information content (AvgIpc) is 3.58. The van der Waals surface area contributed by atoms with Crippen LogP contribution in [0.4, 0.5) is 4.79 Å². The van der Waals surface area contributed by atoms with Crippen LogP contribution in [-0.4, -0.2) is 64.9 Å². The van der Waals surface area contributed by atoms with Gasteiger partial charge in [0.15, 0.2) is 0 Å². The number of aryl methyl sites for hydroxylation is 1. The standard InChI is InChI=1S/C28H41N3O4/c1-18-5-8-20-14-23-28(34)10-9-21(30-24(32)16-29-25(33)35-26(2,3)4)15-27(28,22(20)13-18)11-12-31(23)17-19-6-7-19/h5,8,13,19,21,23,34H,6-7,9-12,14-17H2,1-4H3,(H,29,33)(H,30,32)/t21-,23-,27-,28-/m1/s1. The van der Waals surface area contributed by atoms with Crippen molar-refractivity contribution in [1.82, 2.24) is 15.5 Å². The van der Waals surface area contributed by atoms with Gasteiger partial charge in [0.1, 0.15) is 12.1 Å². The Balaban J connectivity index is 1.34. The third kappa shape index (κ3) is 4.69. The van der Waals surface area contributed by atoms with Gasteiger partial charge in [0.25, 0.3) is 0 Å². The number of carbonyl (C=O) groups is 2. The molecule has 0 aromatic heterocycles. The van der Waals surface area contributed by atoms with Crippen LogP contribution in [0.2, 0.25) is 0 Å². The second-order valence-electron chi connectivity index (χ2n) is 12.4. The number of likely N-dealkylation sites (tertiary alicyclic amines) is 1. The maximum absolute atomic E-state index is 12.7. The molecule has 4 atom stereocenters. The minimum Gasteiger partial charge on any atom is -0.444 e. The number of piperidine rings is 1. The van der Waals surface area contributed by atoms with E-state index in [0.29, 0.717) is 6.42 Å². The molecule has 2 amide bonds. The largest absolute Gasteiger partial charge is 0.444 e. The van der Waals surface area contributed by atoms with E-state index in [1.54, 1.807) is 20.8 Å². The number of nitrogens with zero attached hydrogens (tertiary/aromatic N) is 1. The molecule has 1 saturated heterocycles. The van der Waals surface area contributed by atoms with Gasteiger partial charge in [-0.1, -0.05) is 23.8 Å². The highest BCUT2D eigenvalue weighted by Crippen LogP contribution is 2.58. The van der Waals surface area contributed by atoms with Crippen LogP contribution in [0.3, 0.4) is 0 Å². The van der Waals surface area contributed by atoms with Crippen molar-refractivity contribution in [3.05, 3.63) is 34.9 Å². The summed E-state index contributed by atoms with van der Waals surface area (Å²) in [5.41, 5.74) is 2.11. The van der Waals surface area contributed by atoms with Crippen LogP contribution in [0.1, 0.15) is 76.0 Å². The van der Waals surface area contributed by atoms with Crippen LogP contribution >= 0.6 is 0 Å². The van der Waals surface area contributed by atoms with E-state index in [4.69, 9.17) is 4.74 Å². The molecular weight excluding hydrogens is 442 g/mol. The fraction of sp³-hybridized carbons (Fsp3) is 0.714. The number of aliphatic hydroxyl groups is 1. The summed E-state index contributed by atoms with van der Waals surface area (Å²) < 4.78 is 5.24. The van der Waals surface area contributed by atoms with Gasteiger partial charge in [0, 0.05) is 24.0 Å². The van der Waals surface area contributed by atoms with E-state index >= 15 is 0 Å². The molecule has 0 spiro atoms. The van der Waals surface area contributed by atoms with Gasteiger partial charge >= 0.3 is 6.09 Å². The molecule has 1 aromatic carbocycles. The molecule has 7 heteroatoms. The third-order valence-corrected chi connectivity index (χ3v) is 8.66. The van der Waals surface area contributed by atoms with Gasteiger partial charge in [-0.25, -0.2) is 4.79 Å². The van der Waals surface area contributed by atoms with Gasteiger partial charge in [-0.15, -0.1) is 0 Å². The van der Waals surface area contributed by atoms with Crippen LogP contribution in [0.5, 0.6) is 0 Å². The highest BCUT2D eigenvalue weighted by molar-refractivity contribution is 5.82. The summed E-state index contributed by atoms with van der Waals surface area (Å²) in [7, 11) is 0. The zero-order valence-electron chi connectivity index (χ0n) is 21.7. The highest BCUT2D eigenvalue weighted by Gasteiger charge is 2.64. The van der Waals surface area contributed by atoms with E-state index in [-0.39, 0.29) is 30.0 Å². The van der Waals surface area contributed by atoms with Crippen molar-refractivity contribution in [2.45, 2.75) is 101 Å². The number of carbonyl (C=O) groups excluding carboxylic acids is 2. The zero-order valence-corrected chi connectivity index (χ0v) is 21.7. The molecule has 1 aliphatic heterocycles. The molecule has 192 valence electrons. The van der Waals surface area contributed by atoms with Crippen molar-refractivity contribution in [2.24, 2.45) is 5.92 Å². The maximum atomic E-state index is 12.7. The topological polar surface area (TPSA) is 90.9 Å². The number of benzene rings is 1. The SMILES string of the molecule is Cc1ccc2c(c1)[C@]13CCN(CC4CC4)[C@H](C2)[C@]1(O)CC[C@@H](NC(=O)CNC(=O)OC(C)(C)C)C3. The molecule has 2 bridgehead atoms. The van der Waals surface area contributed by atoms with Crippen molar-refractivity contribution in [2.75, 3.05) is 19.6 Å². The molecule has 1 aromatic rings. The maximum Gasteiger partial charge on any atom is 0.408 e. The van der Waals surface area contributed by atoms with Crippen LogP contribution < -0.4 is 10.6 Å². The lowest BCUT2D eigenvalue weighted by atomic mass is 9.48. The van der Waals surface area contributed by atoms with Crippen molar-refractivity contribution < 1.29 is 19.4 Å². The summed E-state index contributed by atoms with van der Waals surface area (Å²) in [6.45, 7) is 9.48. The van der Waals surface area contributed by atoms with Crippen molar-refractivity contribution in [1.29, 1.82) is 0 Å². The van der Waals surface area contributed by atoms with Crippen molar-refractivity contribution in [3.8, 4) is 0 Å². The lowest BCUT2D eigenvalue weighted by molar-refractivity contribution is -0.171. The lowest BCUT2D eigenvalue weighted by Crippen LogP contribution is -2.74. The molecular formula is C28H41N3O4. The number of amides is 2. The molecule has 4 aliphatic rings. The summed E-state index contributed by atoms with van der Waals surface area (Å²) in [6, 6.07) is 6.82. The van der Waals surface area contributed by atoms with Crippen LogP contribution in [0, 0.1) is 12.8 Å². The summed E-state index contributed by atoms with van der Waals surface area (Å²) in [6.07, 6.45) is 5.99. The monoisotopic (exact) mass is 483 g/mol. The van der Waals surface area contributed by atoms with E-state index in [9.17, 15) is 14.7 Å². The Hall–Kier alpha value is -2.12. The Morgan fingerprint density at radius 3 is 2.69 bits per heavy atom. The summed E-state index contributed by atoms with van der Waals surface area (Å²) in [5, 5.41) is 18.1. The second kappa shape index (κ2) is 8.77. The number of hydrogen-bond donors (Lipinski definition) is 3. The van der Waals surface area contributed by atoms with E-state index in [1.807, 2.05) is 0 Å². The summed E-state index contributed by atoms with van der Waals surface area (Å²) in [4.78, 5) is 27.2. The van der Waals surface area contributed by atoms with Gasteiger partial charge in [-0.05, 0) is 96.2 Å². The number of nitrogens with one attached hydrogen (secondary N) is 2. The van der Waals surface area contributed by atoms with Gasteiger partial charge in [0.2, 0.25) is 5.91 Å². The van der Waals surface area contributed by atoms with E-state index in [1.165, 1.54) is 29.5 Å². The zero-order chi connectivity index (χ0) is 25.0. The number of rotatable bonds is 5. The number of alkyl carbamates (subject to hydrolysis) is 1. The molecule has 35 heavy (non-hydrogen) atoms. The van der Waals surface area contributed by atoms with Gasteiger partial charge in [0.05, 0.1) is 5.60 Å². The second-order valence-corrected chi connectivity index (χ2v) is 12.4. The van der Waals surface area contributed by atoms with E-state index in [0.717, 1.165) is 44.7 Å². The molecule has 3 N–H and O–H groups in total. The normalized spacial score (nSPS) is 32.3. The predicted octanol–water partition coefficient (Wildman–Crippen LogP) is 3.20. The molecule has 0 radical (unpaired) electrons. The first-order chi connectivity index (χ1) is 16.5. The lowest BCUT2D eigenvalue weighted by Gasteiger charge is -2.65. The quantitative estimate of drug-likeness (QED) is 0.598. The fourth-order valence-electron chi connectivity index (χ4n) is 6.95. The van der Waals surface area contributed by atoms with E-state index < -0.39 is 17.3 Å². The molecule has 7 nitrogen and oxygen atoms in total. The number of fused-ring (bicyclic) bond motifs is 1. The first-order valence-electron chi connectivity index (χ1n) is 13.3. The Morgan fingerprint density at radius 2 is 1.97 bits per heavy atom. The number of hydrogen-bond acceptors (Lipinski definition) is 5. The predicted molar refractivity (Wildman–Crippen MR) is 134 cm³/mol. The third-order valence-electron chi connectivity index (χ3n) is 8.66. The van der Waals surface area contributed by atoms with Crippen LogP contribution in [-0.2, 0) is 21.4 Å². The number of ether oxygens (including phenoxy) is 1. The van der Waals surface area contributed by atoms with Crippen molar-refractivity contribution in [3.63, 3.8) is 0 Å². The van der Waals surface area contributed by atoms with Gasteiger partial charge in [-0.3, -0.25) is 9.69 Å². The summed E-state index contributed by atoms with van der Waals surface area (Å²) >= 11 is 0. The molecule has 1 heterocycles. The first kappa shape index (κ1) is 24.6.